The Balaban J connectivity index is 1.93. The largest absolute Gasteiger partial charge is 0.386 e. The highest BCUT2D eigenvalue weighted by atomic mass is 16.5. The summed E-state index contributed by atoms with van der Waals surface area (Å²) in [5.74, 6) is 0. The van der Waals surface area contributed by atoms with Gasteiger partial charge in [0.05, 0.1) is 12.7 Å². The molecule has 1 aliphatic rings. The number of hydrogen-bond donors (Lipinski definition) is 1. The van der Waals surface area contributed by atoms with Crippen molar-refractivity contribution in [2.75, 3.05) is 6.61 Å². The smallest absolute Gasteiger partial charge is 0.103 e. The molecular weight excluding hydrogens is 212 g/mol. The zero-order valence-corrected chi connectivity index (χ0v) is 10.8. The molecule has 1 N–H and O–H groups in total. The van der Waals surface area contributed by atoms with Crippen LogP contribution in [0.1, 0.15) is 48.5 Å². The molecule has 1 fully saturated rings. The molecular formula is C15H22O2. The first kappa shape index (κ1) is 12.6. The summed E-state index contributed by atoms with van der Waals surface area (Å²) >= 11 is 0. The van der Waals surface area contributed by atoms with E-state index in [4.69, 9.17) is 4.74 Å². The van der Waals surface area contributed by atoms with Gasteiger partial charge in [-0.15, -0.1) is 0 Å². The van der Waals surface area contributed by atoms with Gasteiger partial charge >= 0.3 is 0 Å². The fourth-order valence-corrected chi connectivity index (χ4v) is 2.49. The molecule has 94 valence electrons. The van der Waals surface area contributed by atoms with Crippen molar-refractivity contribution in [2.45, 2.75) is 51.7 Å². The summed E-state index contributed by atoms with van der Waals surface area (Å²) in [5.41, 5.74) is 3.33. The van der Waals surface area contributed by atoms with Crippen LogP contribution in [0, 0.1) is 13.8 Å². The van der Waals surface area contributed by atoms with Gasteiger partial charge < -0.3 is 9.84 Å². The number of aryl methyl sites for hydroxylation is 2. The molecule has 0 amide bonds. The lowest BCUT2D eigenvalue weighted by atomic mass is 10.0. The van der Waals surface area contributed by atoms with Crippen molar-refractivity contribution in [2.24, 2.45) is 0 Å². The molecule has 1 aromatic rings. The van der Waals surface area contributed by atoms with Gasteiger partial charge in [0, 0.05) is 0 Å². The van der Waals surface area contributed by atoms with Crippen molar-refractivity contribution in [3.8, 4) is 0 Å². The number of aliphatic hydroxyl groups excluding tert-OH is 1. The third-order valence-corrected chi connectivity index (χ3v) is 3.59. The first-order valence-corrected chi connectivity index (χ1v) is 6.53. The Labute approximate surface area is 104 Å². The van der Waals surface area contributed by atoms with E-state index >= 15 is 0 Å². The lowest BCUT2D eigenvalue weighted by Crippen LogP contribution is -2.15. The second-order valence-corrected chi connectivity index (χ2v) is 5.12. The second-order valence-electron chi connectivity index (χ2n) is 5.12. The highest BCUT2D eigenvalue weighted by molar-refractivity contribution is 5.32. The van der Waals surface area contributed by atoms with Crippen LogP contribution in [0.4, 0.5) is 0 Å². The molecule has 0 aromatic heterocycles. The fraction of sp³-hybridized carbons (Fsp3) is 0.600. The monoisotopic (exact) mass is 234 g/mol. The number of ether oxygens (including phenoxy) is 1. The minimum Gasteiger partial charge on any atom is -0.386 e. The lowest BCUT2D eigenvalue weighted by Gasteiger charge is -2.17. The summed E-state index contributed by atoms with van der Waals surface area (Å²) in [5, 5.41) is 10.2. The molecule has 0 saturated heterocycles. The fourth-order valence-electron chi connectivity index (χ4n) is 2.49. The van der Waals surface area contributed by atoms with Crippen LogP contribution in [0.2, 0.25) is 0 Å². The van der Waals surface area contributed by atoms with Crippen molar-refractivity contribution < 1.29 is 9.84 Å². The summed E-state index contributed by atoms with van der Waals surface area (Å²) in [6.45, 7) is 4.51. The van der Waals surface area contributed by atoms with Crippen molar-refractivity contribution in [1.82, 2.24) is 0 Å². The molecule has 1 aromatic carbocycles. The van der Waals surface area contributed by atoms with E-state index in [0.29, 0.717) is 12.7 Å². The summed E-state index contributed by atoms with van der Waals surface area (Å²) < 4.78 is 5.76. The van der Waals surface area contributed by atoms with Gasteiger partial charge in [-0.1, -0.05) is 36.6 Å². The van der Waals surface area contributed by atoms with Gasteiger partial charge in [-0.2, -0.15) is 0 Å². The van der Waals surface area contributed by atoms with Crippen molar-refractivity contribution >= 4 is 0 Å². The third kappa shape index (κ3) is 3.30. The molecule has 1 saturated carbocycles. The summed E-state index contributed by atoms with van der Waals surface area (Å²) in [6, 6.07) is 6.19. The second kappa shape index (κ2) is 5.65. The zero-order valence-electron chi connectivity index (χ0n) is 10.8. The molecule has 1 unspecified atom stereocenters. The summed E-state index contributed by atoms with van der Waals surface area (Å²) in [4.78, 5) is 0. The molecule has 2 nitrogen and oxygen atoms in total. The Bertz CT molecular complexity index is 367. The SMILES string of the molecule is Cc1ccc(C)c(C(O)COC2CCCC2)c1. The van der Waals surface area contributed by atoms with E-state index < -0.39 is 6.10 Å². The maximum atomic E-state index is 10.2. The predicted molar refractivity (Wildman–Crippen MR) is 69.1 cm³/mol. The van der Waals surface area contributed by atoms with Crippen LogP contribution >= 0.6 is 0 Å². The molecule has 2 rings (SSSR count). The van der Waals surface area contributed by atoms with Gasteiger partial charge in [-0.05, 0) is 37.8 Å². The molecule has 0 aliphatic heterocycles. The Hall–Kier alpha value is -0.860. The summed E-state index contributed by atoms with van der Waals surface area (Å²) in [6.07, 6.45) is 4.72. The maximum Gasteiger partial charge on any atom is 0.103 e. The van der Waals surface area contributed by atoms with Gasteiger partial charge in [0.15, 0.2) is 0 Å². The third-order valence-electron chi connectivity index (χ3n) is 3.59. The van der Waals surface area contributed by atoms with Crippen molar-refractivity contribution in [1.29, 1.82) is 0 Å². The Morgan fingerprint density at radius 3 is 2.71 bits per heavy atom. The Morgan fingerprint density at radius 2 is 2.00 bits per heavy atom. The van der Waals surface area contributed by atoms with E-state index in [2.05, 4.69) is 18.2 Å². The molecule has 1 atom stereocenters. The van der Waals surface area contributed by atoms with E-state index in [-0.39, 0.29) is 0 Å². The van der Waals surface area contributed by atoms with E-state index in [1.165, 1.54) is 18.4 Å². The molecule has 2 heteroatoms. The van der Waals surface area contributed by atoms with Crippen LogP contribution in [0.5, 0.6) is 0 Å². The standard InChI is InChI=1S/C15H22O2/c1-11-7-8-12(2)14(9-11)15(16)10-17-13-5-3-4-6-13/h7-9,13,15-16H,3-6,10H2,1-2H3. The van der Waals surface area contributed by atoms with Crippen LogP contribution in [-0.2, 0) is 4.74 Å². The van der Waals surface area contributed by atoms with E-state index in [0.717, 1.165) is 24.0 Å². The van der Waals surface area contributed by atoms with Crippen LogP contribution in [0.15, 0.2) is 18.2 Å². The average Bonchev–Trinajstić information content (AvgIpc) is 2.82. The molecule has 0 bridgehead atoms. The number of hydrogen-bond acceptors (Lipinski definition) is 2. The van der Waals surface area contributed by atoms with Gasteiger partial charge in [-0.25, -0.2) is 0 Å². The van der Waals surface area contributed by atoms with Gasteiger partial charge in [0.2, 0.25) is 0 Å². The van der Waals surface area contributed by atoms with Gasteiger partial charge in [0.25, 0.3) is 0 Å². The molecule has 0 spiro atoms. The number of aliphatic hydroxyl groups is 1. The maximum absolute atomic E-state index is 10.2. The Kier molecular flexibility index (Phi) is 4.19. The normalized spacial score (nSPS) is 18.5. The highest BCUT2D eigenvalue weighted by Crippen LogP contribution is 2.24. The van der Waals surface area contributed by atoms with Crippen molar-refractivity contribution in [3.05, 3.63) is 34.9 Å². The molecule has 0 heterocycles. The first-order valence-electron chi connectivity index (χ1n) is 6.53. The molecule has 0 radical (unpaired) electrons. The van der Waals surface area contributed by atoms with Crippen LogP contribution in [0.25, 0.3) is 0 Å². The van der Waals surface area contributed by atoms with Gasteiger partial charge in [0.1, 0.15) is 6.10 Å². The Morgan fingerprint density at radius 1 is 1.29 bits per heavy atom. The van der Waals surface area contributed by atoms with Crippen LogP contribution in [-0.4, -0.2) is 17.8 Å². The lowest BCUT2D eigenvalue weighted by molar-refractivity contribution is -0.00721. The van der Waals surface area contributed by atoms with Gasteiger partial charge in [-0.3, -0.25) is 0 Å². The van der Waals surface area contributed by atoms with Crippen molar-refractivity contribution in [3.63, 3.8) is 0 Å². The molecule has 17 heavy (non-hydrogen) atoms. The van der Waals surface area contributed by atoms with E-state index in [9.17, 15) is 5.11 Å². The van der Waals surface area contributed by atoms with E-state index in [1.54, 1.807) is 0 Å². The zero-order chi connectivity index (χ0) is 12.3. The minimum atomic E-state index is -0.490. The minimum absolute atomic E-state index is 0.370. The highest BCUT2D eigenvalue weighted by Gasteiger charge is 2.18. The summed E-state index contributed by atoms with van der Waals surface area (Å²) in [7, 11) is 0. The number of benzene rings is 1. The average molecular weight is 234 g/mol. The van der Waals surface area contributed by atoms with Crippen LogP contribution in [0.3, 0.4) is 0 Å². The van der Waals surface area contributed by atoms with E-state index in [1.807, 2.05) is 13.8 Å². The topological polar surface area (TPSA) is 29.5 Å². The molecule has 1 aliphatic carbocycles. The number of rotatable bonds is 4. The quantitative estimate of drug-likeness (QED) is 0.866. The van der Waals surface area contributed by atoms with Crippen LogP contribution < -0.4 is 0 Å². The first-order chi connectivity index (χ1) is 8.16. The predicted octanol–water partition coefficient (Wildman–Crippen LogP) is 3.30.